The lowest BCUT2D eigenvalue weighted by Gasteiger charge is -2.08. The number of carboxylic acids is 1. The number of rotatable bonds is 2. The zero-order valence-electron chi connectivity index (χ0n) is 7.40. The molecule has 0 saturated heterocycles. The van der Waals surface area contributed by atoms with Gasteiger partial charge < -0.3 is 5.11 Å². The summed E-state index contributed by atoms with van der Waals surface area (Å²) >= 11 is 28.3. The summed E-state index contributed by atoms with van der Waals surface area (Å²) in [6.45, 7) is 0. The predicted octanol–water partition coefficient (Wildman–Crippen LogP) is 4.88. The Hall–Kier alpha value is -0.120. The summed E-state index contributed by atoms with van der Waals surface area (Å²) in [4.78, 5) is 10.9. The third-order valence-corrected chi connectivity index (χ3v) is 3.38. The summed E-state index contributed by atoms with van der Waals surface area (Å²) in [6, 6.07) is 2.79. The van der Waals surface area contributed by atoms with Gasteiger partial charge in [0.1, 0.15) is 4.49 Å². The molecule has 7 heteroatoms. The summed E-state index contributed by atoms with van der Waals surface area (Å²) in [7, 11) is 0. The molecule has 0 aliphatic carbocycles. The fraction of sp³-hybridized carbons (Fsp3) is 0. The van der Waals surface area contributed by atoms with Crippen LogP contribution in [0.5, 0.6) is 0 Å². The van der Waals surface area contributed by atoms with Gasteiger partial charge in [-0.2, -0.15) is 0 Å². The molecule has 1 aromatic carbocycles. The Morgan fingerprint density at radius 1 is 1.06 bits per heavy atom. The first-order valence-electron chi connectivity index (χ1n) is 3.78. The van der Waals surface area contributed by atoms with Gasteiger partial charge in [-0.3, -0.25) is 0 Å². The zero-order valence-corrected chi connectivity index (χ0v) is 11.2. The minimum absolute atomic E-state index is 0.00892. The van der Waals surface area contributed by atoms with Crippen molar-refractivity contribution in [1.29, 1.82) is 0 Å². The van der Waals surface area contributed by atoms with Crippen molar-refractivity contribution in [3.8, 4) is 0 Å². The first-order chi connectivity index (χ1) is 7.36. The number of hydrogen-bond donors (Lipinski definition) is 1. The Bertz CT molecular complexity index is 477. The Kier molecular flexibility index (Phi) is 4.77. The molecule has 0 aromatic heterocycles. The van der Waals surface area contributed by atoms with Crippen LogP contribution in [0.1, 0.15) is 5.56 Å². The molecule has 0 heterocycles. The maximum absolute atomic E-state index is 10.9. The molecule has 0 unspecified atom stereocenters. The largest absolute Gasteiger partial charge is 0.478 e. The van der Waals surface area contributed by atoms with Crippen LogP contribution in [0.2, 0.25) is 15.1 Å². The standard InChI is InChI=1S/C9H3Cl5O2/c10-4-2-1-3(6(11)7(4)12)5(8(13)14)9(15)16/h1-2H,(H,15,16). The lowest BCUT2D eigenvalue weighted by molar-refractivity contribution is -0.130. The van der Waals surface area contributed by atoms with E-state index in [1.54, 1.807) is 0 Å². The summed E-state index contributed by atoms with van der Waals surface area (Å²) < 4.78 is -0.409. The third kappa shape index (κ3) is 2.76. The second kappa shape index (κ2) is 5.48. The Balaban J connectivity index is 3.51. The maximum atomic E-state index is 10.9. The van der Waals surface area contributed by atoms with Crippen molar-refractivity contribution in [2.45, 2.75) is 0 Å². The van der Waals surface area contributed by atoms with E-state index in [1.807, 2.05) is 0 Å². The second-order valence-electron chi connectivity index (χ2n) is 2.66. The maximum Gasteiger partial charge on any atom is 0.338 e. The van der Waals surface area contributed by atoms with Crippen LogP contribution < -0.4 is 0 Å². The third-order valence-electron chi connectivity index (χ3n) is 1.71. The summed E-state index contributed by atoms with van der Waals surface area (Å²) in [5, 5.41) is 9.18. The van der Waals surface area contributed by atoms with E-state index in [2.05, 4.69) is 0 Å². The number of aliphatic carboxylic acids is 1. The molecule has 0 bridgehead atoms. The zero-order chi connectivity index (χ0) is 12.5. The van der Waals surface area contributed by atoms with Crippen LogP contribution in [0.4, 0.5) is 0 Å². The van der Waals surface area contributed by atoms with E-state index >= 15 is 0 Å². The molecule has 0 spiro atoms. The van der Waals surface area contributed by atoms with Crippen molar-refractivity contribution in [3.05, 3.63) is 37.3 Å². The van der Waals surface area contributed by atoms with Gasteiger partial charge in [0.15, 0.2) is 0 Å². The lowest BCUT2D eigenvalue weighted by atomic mass is 10.1. The van der Waals surface area contributed by atoms with Crippen molar-refractivity contribution >= 4 is 69.5 Å². The van der Waals surface area contributed by atoms with Gasteiger partial charge in [-0.1, -0.05) is 64.1 Å². The molecule has 16 heavy (non-hydrogen) atoms. The van der Waals surface area contributed by atoms with Crippen molar-refractivity contribution < 1.29 is 9.90 Å². The first-order valence-corrected chi connectivity index (χ1v) is 5.67. The molecular formula is C9H3Cl5O2. The molecule has 0 fully saturated rings. The van der Waals surface area contributed by atoms with Crippen LogP contribution in [0.15, 0.2) is 16.6 Å². The predicted molar refractivity (Wildman–Crippen MR) is 67.7 cm³/mol. The van der Waals surface area contributed by atoms with Gasteiger partial charge in [0.2, 0.25) is 0 Å². The molecule has 86 valence electrons. The highest BCUT2D eigenvalue weighted by atomic mass is 35.5. The molecule has 1 rings (SSSR count). The minimum atomic E-state index is -1.31. The van der Waals surface area contributed by atoms with E-state index in [0.29, 0.717) is 0 Å². The molecule has 0 saturated carbocycles. The van der Waals surface area contributed by atoms with E-state index in [0.717, 1.165) is 0 Å². The Labute approximate surface area is 116 Å². The Morgan fingerprint density at radius 2 is 1.62 bits per heavy atom. The average Bonchev–Trinajstić information content (AvgIpc) is 2.17. The number of carbonyl (C=O) groups is 1. The molecule has 0 aliphatic heterocycles. The van der Waals surface area contributed by atoms with Gasteiger partial charge in [-0.05, 0) is 6.07 Å². The summed E-state index contributed by atoms with van der Waals surface area (Å²) in [5.74, 6) is -1.31. The fourth-order valence-corrected chi connectivity index (χ4v) is 2.01. The smallest absolute Gasteiger partial charge is 0.338 e. The topological polar surface area (TPSA) is 37.3 Å². The highest BCUT2D eigenvalue weighted by Gasteiger charge is 2.20. The number of carboxylic acid groups (broad SMARTS) is 1. The number of hydrogen-bond acceptors (Lipinski definition) is 1. The lowest BCUT2D eigenvalue weighted by Crippen LogP contribution is -2.01. The van der Waals surface area contributed by atoms with Crippen LogP contribution in [0.3, 0.4) is 0 Å². The SMILES string of the molecule is O=C(O)C(=C(Cl)Cl)c1ccc(Cl)c(Cl)c1Cl. The monoisotopic (exact) mass is 318 g/mol. The molecule has 2 nitrogen and oxygen atoms in total. The van der Waals surface area contributed by atoms with Crippen molar-refractivity contribution in [2.75, 3.05) is 0 Å². The molecule has 0 radical (unpaired) electrons. The molecule has 1 aromatic rings. The van der Waals surface area contributed by atoms with Gasteiger partial charge in [0.05, 0.1) is 20.6 Å². The quantitative estimate of drug-likeness (QED) is 0.623. The number of benzene rings is 1. The van der Waals surface area contributed by atoms with Gasteiger partial charge in [0.25, 0.3) is 0 Å². The highest BCUT2D eigenvalue weighted by molar-refractivity contribution is 6.61. The fourth-order valence-electron chi connectivity index (χ4n) is 1.02. The van der Waals surface area contributed by atoms with E-state index in [1.165, 1.54) is 12.1 Å². The van der Waals surface area contributed by atoms with E-state index in [9.17, 15) is 4.79 Å². The normalized spacial score (nSPS) is 10.1. The van der Waals surface area contributed by atoms with Crippen LogP contribution in [0, 0.1) is 0 Å². The first kappa shape index (κ1) is 13.9. The van der Waals surface area contributed by atoms with Gasteiger partial charge in [-0.25, -0.2) is 4.79 Å². The van der Waals surface area contributed by atoms with Crippen LogP contribution in [-0.4, -0.2) is 11.1 Å². The van der Waals surface area contributed by atoms with Crippen LogP contribution >= 0.6 is 58.0 Å². The average molecular weight is 320 g/mol. The van der Waals surface area contributed by atoms with Crippen molar-refractivity contribution in [3.63, 3.8) is 0 Å². The van der Waals surface area contributed by atoms with Crippen molar-refractivity contribution in [1.82, 2.24) is 0 Å². The molecule has 0 amide bonds. The van der Waals surface area contributed by atoms with Crippen molar-refractivity contribution in [2.24, 2.45) is 0 Å². The molecule has 1 N–H and O–H groups in total. The van der Waals surface area contributed by atoms with Gasteiger partial charge in [-0.15, -0.1) is 0 Å². The Morgan fingerprint density at radius 3 is 2.06 bits per heavy atom. The van der Waals surface area contributed by atoms with Gasteiger partial charge in [0, 0.05) is 5.56 Å². The van der Waals surface area contributed by atoms with E-state index in [-0.39, 0.29) is 26.2 Å². The van der Waals surface area contributed by atoms with E-state index < -0.39 is 10.5 Å². The minimum Gasteiger partial charge on any atom is -0.478 e. The second-order valence-corrected chi connectivity index (χ2v) is 4.78. The summed E-state index contributed by atoms with van der Waals surface area (Å²) in [6.07, 6.45) is 0. The molecular weight excluding hydrogens is 317 g/mol. The number of halogens is 5. The highest BCUT2D eigenvalue weighted by Crippen LogP contribution is 2.37. The van der Waals surface area contributed by atoms with Crippen LogP contribution in [-0.2, 0) is 4.79 Å². The van der Waals surface area contributed by atoms with Crippen LogP contribution in [0.25, 0.3) is 5.57 Å². The van der Waals surface area contributed by atoms with Gasteiger partial charge >= 0.3 is 5.97 Å². The molecule has 0 atom stereocenters. The van der Waals surface area contributed by atoms with E-state index in [4.69, 9.17) is 63.1 Å². The molecule has 0 aliphatic rings. The summed E-state index contributed by atoms with van der Waals surface area (Å²) in [5.41, 5.74) is -0.213.